The molecule has 11 nitrogen and oxygen atoms in total. The molecule has 1 rings (SSSR count). The highest BCUT2D eigenvalue weighted by Crippen LogP contribution is 2.26. The predicted molar refractivity (Wildman–Crippen MR) is 160 cm³/mol. The van der Waals surface area contributed by atoms with Crippen LogP contribution in [-0.4, -0.2) is 73.0 Å². The molecule has 0 unspecified atom stereocenters. The van der Waals surface area contributed by atoms with E-state index in [1.807, 2.05) is 27.7 Å². The topological polar surface area (TPSA) is 131 Å². The van der Waals surface area contributed by atoms with Gasteiger partial charge in [0.1, 0.15) is 5.75 Å². The zero-order chi connectivity index (χ0) is 30.3. The third-order valence-corrected chi connectivity index (χ3v) is 8.72. The van der Waals surface area contributed by atoms with Gasteiger partial charge in [-0.3, -0.25) is 4.79 Å². The Morgan fingerprint density at radius 1 is 0.829 bits per heavy atom. The minimum atomic E-state index is -2.70. The molecule has 1 aromatic carbocycles. The second-order valence-corrected chi connectivity index (χ2v) is 11.7. The van der Waals surface area contributed by atoms with Gasteiger partial charge in [-0.2, -0.15) is 0 Å². The summed E-state index contributed by atoms with van der Waals surface area (Å²) in [4.78, 5) is 35.3. The number of anilines is 1. The largest absolute Gasteiger partial charge is 0.500 e. The number of rotatable bonds is 22. The van der Waals surface area contributed by atoms with Crippen molar-refractivity contribution in [3.05, 3.63) is 29.8 Å². The van der Waals surface area contributed by atoms with E-state index in [4.69, 9.17) is 27.5 Å². The number of alkyl carbamates (subject to hydrolysis) is 1. The predicted octanol–water partition coefficient (Wildman–Crippen LogP) is 5.33. The van der Waals surface area contributed by atoms with Gasteiger partial charge >= 0.3 is 20.9 Å². The highest BCUT2D eigenvalue weighted by atomic mass is 28.4. The Hall–Kier alpha value is -2.93. The molecule has 232 valence electrons. The van der Waals surface area contributed by atoms with Gasteiger partial charge < -0.3 is 38.1 Å². The van der Waals surface area contributed by atoms with E-state index in [-0.39, 0.29) is 5.91 Å². The second-order valence-electron chi connectivity index (χ2n) is 8.93. The fourth-order valence-corrected chi connectivity index (χ4v) is 6.48. The lowest BCUT2D eigenvalue weighted by atomic mass is 10.1. The zero-order valence-corrected chi connectivity index (χ0v) is 26.3. The summed E-state index contributed by atoms with van der Waals surface area (Å²) in [6.07, 6.45) is 6.39. The van der Waals surface area contributed by atoms with Crippen molar-refractivity contribution in [2.24, 2.45) is 0 Å². The number of ether oxygens (including phenoxy) is 3. The monoisotopic (exact) mass is 596 g/mol. The third-order valence-electron chi connectivity index (χ3n) is 5.57. The van der Waals surface area contributed by atoms with Crippen LogP contribution in [0, 0.1) is 0 Å². The number of carbonyl (C=O) groups is 3. The third kappa shape index (κ3) is 16.2. The van der Waals surface area contributed by atoms with Crippen LogP contribution in [-0.2, 0) is 32.3 Å². The molecule has 2 N–H and O–H groups in total. The number of benzene rings is 1. The van der Waals surface area contributed by atoms with Gasteiger partial charge in [0.15, 0.2) is 0 Å². The number of hydrogen-bond donors (Lipinski definition) is 2. The molecule has 0 aromatic heterocycles. The van der Waals surface area contributed by atoms with E-state index in [9.17, 15) is 14.4 Å². The van der Waals surface area contributed by atoms with Crippen molar-refractivity contribution in [3.8, 4) is 5.75 Å². The van der Waals surface area contributed by atoms with Gasteiger partial charge in [0.05, 0.1) is 25.5 Å². The van der Waals surface area contributed by atoms with Crippen molar-refractivity contribution < 1.29 is 41.9 Å². The van der Waals surface area contributed by atoms with Crippen LogP contribution in [0.3, 0.4) is 0 Å². The van der Waals surface area contributed by atoms with Crippen LogP contribution in [0.25, 0.3) is 6.08 Å². The van der Waals surface area contributed by atoms with Crippen LogP contribution >= 0.6 is 0 Å². The van der Waals surface area contributed by atoms with E-state index in [0.717, 1.165) is 31.2 Å². The van der Waals surface area contributed by atoms with E-state index >= 15 is 0 Å². The summed E-state index contributed by atoms with van der Waals surface area (Å²) in [7, 11) is -2.70. The highest BCUT2D eigenvalue weighted by molar-refractivity contribution is 6.60. The molecule has 0 aliphatic rings. The minimum absolute atomic E-state index is 0.190. The number of nitrogens with one attached hydrogen (secondary N) is 2. The lowest BCUT2D eigenvalue weighted by Gasteiger charge is -2.28. The molecule has 0 heterocycles. The summed E-state index contributed by atoms with van der Waals surface area (Å²) in [5.74, 6) is -0.0905. The van der Waals surface area contributed by atoms with Crippen molar-refractivity contribution in [2.75, 3.05) is 51.5 Å². The smallest absolute Gasteiger partial charge is 0.492 e. The van der Waals surface area contributed by atoms with Crippen LogP contribution < -0.4 is 15.4 Å². The molecule has 1 aromatic rings. The second kappa shape index (κ2) is 21.8. The first kappa shape index (κ1) is 36.1. The Balaban J connectivity index is 2.19. The van der Waals surface area contributed by atoms with Crippen LogP contribution in [0.4, 0.5) is 10.5 Å². The molecule has 0 atom stereocenters. The number of unbranched alkanes of at least 4 members (excludes halogenated alkanes) is 3. The molecule has 12 heteroatoms. The molecule has 0 aliphatic carbocycles. The van der Waals surface area contributed by atoms with Gasteiger partial charge in [-0.05, 0) is 83.6 Å². The summed E-state index contributed by atoms with van der Waals surface area (Å²) in [6.45, 7) is 12.1. The molecule has 0 radical (unpaired) electrons. The molecule has 0 fully saturated rings. The summed E-state index contributed by atoms with van der Waals surface area (Å²) in [5.41, 5.74) is 1.33. The van der Waals surface area contributed by atoms with E-state index in [1.54, 1.807) is 24.3 Å². The van der Waals surface area contributed by atoms with Gasteiger partial charge in [-0.15, -0.1) is 0 Å². The van der Waals surface area contributed by atoms with E-state index in [1.165, 1.54) is 13.0 Å². The Morgan fingerprint density at radius 3 is 2.05 bits per heavy atom. The van der Waals surface area contributed by atoms with Crippen molar-refractivity contribution in [3.63, 3.8) is 0 Å². The molecule has 0 aliphatic heterocycles. The van der Waals surface area contributed by atoms with Crippen molar-refractivity contribution in [1.29, 1.82) is 0 Å². The van der Waals surface area contributed by atoms with Gasteiger partial charge in [0.2, 0.25) is 5.91 Å². The Kier molecular flexibility index (Phi) is 19.2. The van der Waals surface area contributed by atoms with Crippen LogP contribution in [0.1, 0.15) is 72.3 Å². The van der Waals surface area contributed by atoms with E-state index < -0.39 is 20.9 Å². The number of amides is 2. The molecule has 41 heavy (non-hydrogen) atoms. The number of hydrogen-bond acceptors (Lipinski definition) is 9. The van der Waals surface area contributed by atoms with Crippen molar-refractivity contribution >= 4 is 38.5 Å². The summed E-state index contributed by atoms with van der Waals surface area (Å²) in [5, 5.41) is 5.47. The fraction of sp³-hybridized carbons (Fsp3) is 0.621. The standard InChI is InChI=1S/C29H48N2O9Si/c1-6-35-27-23-25(15-17-26(27)31-24(5)32)16-18-28(33)36-20-12-10-11-13-21-37-29(34)30-19-14-22-41(38-7-2,39-8-3)40-9-4/h15-18,23H,6-14,19-22H2,1-5H3,(H,30,34)(H,31,32)/b18-16+. The average molecular weight is 597 g/mol. The van der Waals surface area contributed by atoms with Gasteiger partial charge in [-0.25, -0.2) is 9.59 Å². The van der Waals surface area contributed by atoms with Crippen molar-refractivity contribution in [2.45, 2.75) is 72.8 Å². The minimum Gasteiger partial charge on any atom is -0.492 e. The lowest BCUT2D eigenvalue weighted by Crippen LogP contribution is -2.46. The zero-order valence-electron chi connectivity index (χ0n) is 25.3. The van der Waals surface area contributed by atoms with Crippen LogP contribution in [0.15, 0.2) is 24.3 Å². The first-order valence-electron chi connectivity index (χ1n) is 14.5. The molecule has 0 saturated carbocycles. The van der Waals surface area contributed by atoms with Crippen LogP contribution in [0.5, 0.6) is 5.75 Å². The molecule has 0 spiro atoms. The summed E-state index contributed by atoms with van der Waals surface area (Å²) < 4.78 is 33.5. The molecular weight excluding hydrogens is 548 g/mol. The Morgan fingerprint density at radius 2 is 1.46 bits per heavy atom. The Labute approximate surface area is 245 Å². The van der Waals surface area contributed by atoms with Gasteiger partial charge in [-0.1, -0.05) is 6.07 Å². The first-order valence-corrected chi connectivity index (χ1v) is 16.4. The number of esters is 1. The molecule has 0 bridgehead atoms. The lowest BCUT2D eigenvalue weighted by molar-refractivity contribution is -0.137. The Bertz CT molecular complexity index is 926. The quantitative estimate of drug-likeness (QED) is 0.0790. The summed E-state index contributed by atoms with van der Waals surface area (Å²) >= 11 is 0. The van der Waals surface area contributed by atoms with Crippen molar-refractivity contribution in [1.82, 2.24) is 5.32 Å². The van der Waals surface area contributed by atoms with Gasteiger partial charge in [0.25, 0.3) is 0 Å². The molecule has 2 amide bonds. The number of carbonyl (C=O) groups excluding carboxylic acids is 3. The SMILES string of the molecule is CCOc1cc(/C=C/C(=O)OCCCCCCOC(=O)NCCC[Si](OCC)(OCC)OCC)ccc1NC(C)=O. The van der Waals surface area contributed by atoms with Gasteiger partial charge in [0, 0.05) is 45.4 Å². The normalized spacial score (nSPS) is 11.3. The molecular formula is C29H48N2O9Si. The summed E-state index contributed by atoms with van der Waals surface area (Å²) in [6, 6.07) is 5.89. The van der Waals surface area contributed by atoms with E-state index in [0.29, 0.717) is 70.1 Å². The highest BCUT2D eigenvalue weighted by Gasteiger charge is 2.39. The maximum absolute atomic E-state index is 12.0. The average Bonchev–Trinajstić information content (AvgIpc) is 2.93. The van der Waals surface area contributed by atoms with E-state index in [2.05, 4.69) is 10.6 Å². The van der Waals surface area contributed by atoms with Crippen LogP contribution in [0.2, 0.25) is 6.04 Å². The maximum Gasteiger partial charge on any atom is 0.500 e. The first-order chi connectivity index (χ1) is 19.8. The molecule has 0 saturated heterocycles. The maximum atomic E-state index is 12.0. The fourth-order valence-electron chi connectivity index (χ4n) is 3.87.